The number of aliphatic hydroxyl groups is 3. The van der Waals surface area contributed by atoms with Gasteiger partial charge in [-0.3, -0.25) is 0 Å². The van der Waals surface area contributed by atoms with Crippen LogP contribution in [-0.4, -0.2) is 37.5 Å². The smallest absolute Gasteiger partial charge is 0.268 e. The van der Waals surface area contributed by atoms with Crippen molar-refractivity contribution in [2.24, 2.45) is 0 Å². The zero-order chi connectivity index (χ0) is 14.2. The normalized spacial score (nSPS) is 15.1. The van der Waals surface area contributed by atoms with Crippen LogP contribution < -0.4 is 0 Å². The minimum Gasteiger partial charge on any atom is -0.389 e. The van der Waals surface area contributed by atoms with Crippen LogP contribution in [0.3, 0.4) is 0 Å². The highest BCUT2D eigenvalue weighted by molar-refractivity contribution is 6.42. The van der Waals surface area contributed by atoms with Crippen molar-refractivity contribution in [3.63, 3.8) is 0 Å². The van der Waals surface area contributed by atoms with Gasteiger partial charge in [-0.15, -0.1) is 0 Å². The monoisotopic (exact) mass is 306 g/mol. The van der Waals surface area contributed by atoms with Gasteiger partial charge in [0, 0.05) is 0 Å². The highest BCUT2D eigenvalue weighted by Gasteiger charge is 2.23. The molecule has 0 saturated heterocycles. The summed E-state index contributed by atoms with van der Waals surface area (Å²) in [4.78, 5) is 4.10. The Bertz CT molecular complexity index is 585. The third-order valence-corrected chi connectivity index (χ3v) is 3.29. The topological polar surface area (TPSA) is 87.7 Å². The molecule has 104 valence electrons. The summed E-state index contributed by atoms with van der Waals surface area (Å²) in [5, 5.41) is 28.1. The number of aliphatic hydroxyl groups excluding tert-OH is 2. The zero-order valence-electron chi connectivity index (χ0n) is 9.86. The molecule has 0 amide bonds. The van der Waals surface area contributed by atoms with Crippen LogP contribution in [0.2, 0.25) is 10.0 Å². The van der Waals surface area contributed by atoms with E-state index in [1.54, 1.807) is 12.1 Å². The van der Waals surface area contributed by atoms with Gasteiger partial charge in [0.1, 0.15) is 0 Å². The fourth-order valence-electron chi connectivity index (χ4n) is 1.76. The van der Waals surface area contributed by atoms with Crippen LogP contribution in [0.25, 0.3) is 11.0 Å². The van der Waals surface area contributed by atoms with Gasteiger partial charge in [-0.1, -0.05) is 23.2 Å². The molecule has 0 fully saturated rings. The SMILES string of the molecule is CC(O)[C@@H](OC(O)O)n1cnc2cc(Cl)c(Cl)cc21. The maximum absolute atomic E-state index is 9.66. The summed E-state index contributed by atoms with van der Waals surface area (Å²) in [7, 11) is 0. The summed E-state index contributed by atoms with van der Waals surface area (Å²) in [5.74, 6) is 0. The number of imidazole rings is 1. The molecule has 0 bridgehead atoms. The van der Waals surface area contributed by atoms with Crippen molar-refractivity contribution in [1.82, 2.24) is 9.55 Å². The van der Waals surface area contributed by atoms with Crippen molar-refractivity contribution in [1.29, 1.82) is 0 Å². The molecular weight excluding hydrogens is 295 g/mol. The molecule has 2 atom stereocenters. The van der Waals surface area contributed by atoms with Gasteiger partial charge in [-0.05, 0) is 19.1 Å². The molecule has 6 nitrogen and oxygen atoms in total. The Hall–Kier alpha value is -0.890. The van der Waals surface area contributed by atoms with E-state index in [0.29, 0.717) is 21.1 Å². The van der Waals surface area contributed by atoms with Crippen LogP contribution in [0.5, 0.6) is 0 Å². The summed E-state index contributed by atoms with van der Waals surface area (Å²) in [5.41, 5.74) is 1.11. The van der Waals surface area contributed by atoms with E-state index < -0.39 is 18.8 Å². The van der Waals surface area contributed by atoms with Crippen molar-refractivity contribution >= 4 is 34.2 Å². The minimum absolute atomic E-state index is 0.324. The Morgan fingerprint density at radius 3 is 2.42 bits per heavy atom. The molecule has 1 unspecified atom stereocenters. The van der Waals surface area contributed by atoms with E-state index >= 15 is 0 Å². The first-order valence-electron chi connectivity index (χ1n) is 5.41. The summed E-state index contributed by atoms with van der Waals surface area (Å²) in [6, 6.07) is 3.14. The van der Waals surface area contributed by atoms with E-state index in [1.807, 2.05) is 0 Å². The standard InChI is InChI=1S/C11H12Cl2N2O4/c1-5(16)10(19-11(17)18)15-4-14-8-2-6(12)7(13)3-9(8)15/h2-5,10-11,16-18H,1H3/t5?,10-/m1/s1. The third kappa shape index (κ3) is 3.00. The lowest BCUT2D eigenvalue weighted by Crippen LogP contribution is -2.28. The van der Waals surface area contributed by atoms with E-state index in [-0.39, 0.29) is 0 Å². The number of nitrogens with zero attached hydrogens (tertiary/aromatic N) is 2. The Morgan fingerprint density at radius 1 is 1.21 bits per heavy atom. The Labute approximate surface area is 118 Å². The van der Waals surface area contributed by atoms with Gasteiger partial charge in [-0.2, -0.15) is 0 Å². The van der Waals surface area contributed by atoms with Crippen molar-refractivity contribution in [3.8, 4) is 0 Å². The summed E-state index contributed by atoms with van der Waals surface area (Å²) < 4.78 is 6.29. The van der Waals surface area contributed by atoms with E-state index in [1.165, 1.54) is 17.8 Å². The molecule has 3 N–H and O–H groups in total. The molecule has 1 aromatic heterocycles. The number of rotatable bonds is 4. The highest BCUT2D eigenvalue weighted by atomic mass is 35.5. The molecule has 1 aromatic carbocycles. The number of halogens is 2. The lowest BCUT2D eigenvalue weighted by Gasteiger charge is -2.23. The lowest BCUT2D eigenvalue weighted by molar-refractivity contribution is -0.284. The fourth-order valence-corrected chi connectivity index (χ4v) is 2.08. The van der Waals surface area contributed by atoms with Crippen molar-refractivity contribution in [2.45, 2.75) is 25.7 Å². The van der Waals surface area contributed by atoms with Crippen LogP contribution in [0.4, 0.5) is 0 Å². The van der Waals surface area contributed by atoms with Gasteiger partial charge in [-0.25, -0.2) is 4.98 Å². The van der Waals surface area contributed by atoms with Crippen LogP contribution in [0.1, 0.15) is 13.2 Å². The molecular formula is C11H12Cl2N2O4. The van der Waals surface area contributed by atoms with E-state index in [0.717, 1.165) is 0 Å². The summed E-state index contributed by atoms with van der Waals surface area (Å²) >= 11 is 11.8. The molecule has 0 aliphatic carbocycles. The number of hydrogen-bond donors (Lipinski definition) is 3. The molecule has 2 aromatic rings. The van der Waals surface area contributed by atoms with Gasteiger partial charge in [0.2, 0.25) is 0 Å². The van der Waals surface area contributed by atoms with Crippen LogP contribution in [0.15, 0.2) is 18.5 Å². The van der Waals surface area contributed by atoms with E-state index in [9.17, 15) is 5.11 Å². The summed E-state index contributed by atoms with van der Waals surface area (Å²) in [6.45, 7) is -0.559. The number of ether oxygens (including phenoxy) is 1. The first-order chi connectivity index (χ1) is 8.90. The molecule has 19 heavy (non-hydrogen) atoms. The van der Waals surface area contributed by atoms with Crippen LogP contribution >= 0.6 is 23.2 Å². The molecule has 1 heterocycles. The molecule has 0 radical (unpaired) electrons. The predicted molar refractivity (Wildman–Crippen MR) is 69.8 cm³/mol. The second-order valence-corrected chi connectivity index (χ2v) is 4.81. The first-order valence-corrected chi connectivity index (χ1v) is 6.17. The maximum Gasteiger partial charge on any atom is 0.268 e. The Balaban J connectivity index is 2.51. The third-order valence-electron chi connectivity index (χ3n) is 2.56. The largest absolute Gasteiger partial charge is 0.389 e. The molecule has 0 saturated carbocycles. The lowest BCUT2D eigenvalue weighted by atomic mass is 10.3. The maximum atomic E-state index is 9.66. The minimum atomic E-state index is -2.01. The van der Waals surface area contributed by atoms with Crippen molar-refractivity contribution in [3.05, 3.63) is 28.5 Å². The van der Waals surface area contributed by atoms with E-state index in [2.05, 4.69) is 4.98 Å². The van der Waals surface area contributed by atoms with E-state index in [4.69, 9.17) is 38.2 Å². The van der Waals surface area contributed by atoms with Crippen LogP contribution in [-0.2, 0) is 4.74 Å². The number of hydrogen-bond acceptors (Lipinski definition) is 5. The van der Waals surface area contributed by atoms with Gasteiger partial charge in [0.15, 0.2) is 6.23 Å². The molecule has 2 rings (SSSR count). The fraction of sp³-hybridized carbons (Fsp3) is 0.364. The number of aromatic nitrogens is 2. The van der Waals surface area contributed by atoms with Crippen molar-refractivity contribution in [2.75, 3.05) is 0 Å². The Morgan fingerprint density at radius 2 is 1.84 bits per heavy atom. The van der Waals surface area contributed by atoms with Crippen LogP contribution in [0, 0.1) is 0 Å². The first kappa shape index (κ1) is 14.5. The molecule has 0 aliphatic heterocycles. The van der Waals surface area contributed by atoms with Gasteiger partial charge in [0.05, 0.1) is 33.5 Å². The Kier molecular flexibility index (Phi) is 4.29. The average molecular weight is 307 g/mol. The second-order valence-electron chi connectivity index (χ2n) is 4.00. The molecule has 8 heteroatoms. The highest BCUT2D eigenvalue weighted by Crippen LogP contribution is 2.29. The van der Waals surface area contributed by atoms with Gasteiger partial charge >= 0.3 is 0 Å². The predicted octanol–water partition coefficient (Wildman–Crippen LogP) is 1.51. The van der Waals surface area contributed by atoms with Gasteiger partial charge < -0.3 is 24.6 Å². The second kappa shape index (κ2) is 5.62. The summed E-state index contributed by atoms with van der Waals surface area (Å²) in [6.07, 6.45) is -0.604. The van der Waals surface area contributed by atoms with Gasteiger partial charge in [0.25, 0.3) is 6.48 Å². The number of benzene rings is 1. The average Bonchev–Trinajstić information content (AvgIpc) is 2.69. The zero-order valence-corrected chi connectivity index (χ0v) is 11.4. The number of fused-ring (bicyclic) bond motifs is 1. The molecule has 0 spiro atoms. The van der Waals surface area contributed by atoms with Crippen molar-refractivity contribution < 1.29 is 20.1 Å². The quantitative estimate of drug-likeness (QED) is 0.745. The molecule has 0 aliphatic rings.